The molecule has 23 heavy (non-hydrogen) atoms. The molecule has 2 aliphatic heterocycles. The fourth-order valence-electron chi connectivity index (χ4n) is 4.13. The van der Waals surface area contributed by atoms with Crippen LogP contribution in [0.4, 0.5) is 0 Å². The van der Waals surface area contributed by atoms with Crippen LogP contribution in [-0.4, -0.2) is 27.6 Å². The lowest BCUT2D eigenvalue weighted by Crippen LogP contribution is -2.32. The molecule has 0 radical (unpaired) electrons. The minimum absolute atomic E-state index is 0.0232. The first-order valence-electron chi connectivity index (χ1n) is 8.18. The number of carbonyl (C=O) groups is 1. The van der Waals surface area contributed by atoms with E-state index in [1.54, 1.807) is 7.11 Å². The van der Waals surface area contributed by atoms with Crippen molar-refractivity contribution in [1.29, 1.82) is 0 Å². The molecule has 3 nitrogen and oxygen atoms in total. The van der Waals surface area contributed by atoms with Gasteiger partial charge in [-0.2, -0.15) is 0 Å². The minimum atomic E-state index is -0.730. The van der Waals surface area contributed by atoms with E-state index in [1.807, 2.05) is 36.4 Å². The van der Waals surface area contributed by atoms with Crippen molar-refractivity contribution in [3.63, 3.8) is 0 Å². The largest absolute Gasteiger partial charge is 0.496 e. The first kappa shape index (κ1) is 14.9. The highest BCUT2D eigenvalue weighted by Gasteiger charge is 2.43. The molecule has 2 aliphatic rings. The van der Waals surface area contributed by atoms with Crippen LogP contribution >= 0.6 is 0 Å². The summed E-state index contributed by atoms with van der Waals surface area (Å²) in [6, 6.07) is 11.8. The van der Waals surface area contributed by atoms with Crippen LogP contribution in [0.3, 0.4) is 0 Å². The Bertz CT molecular complexity index is 782. The van der Waals surface area contributed by atoms with E-state index in [2.05, 4.69) is 0 Å². The van der Waals surface area contributed by atoms with Gasteiger partial charge in [0.25, 0.3) is 0 Å². The maximum atomic E-state index is 13.2. The zero-order valence-corrected chi connectivity index (χ0v) is 14.0. The highest BCUT2D eigenvalue weighted by Crippen LogP contribution is 2.41. The van der Waals surface area contributed by atoms with Crippen molar-refractivity contribution in [2.24, 2.45) is 5.92 Å². The molecule has 4 heteroatoms. The van der Waals surface area contributed by atoms with Crippen molar-refractivity contribution in [3.8, 4) is 5.75 Å². The number of hydrogen-bond acceptors (Lipinski definition) is 3. The number of benzene rings is 2. The zero-order chi connectivity index (χ0) is 16.0. The molecule has 2 fully saturated rings. The van der Waals surface area contributed by atoms with Crippen molar-refractivity contribution in [1.82, 2.24) is 0 Å². The number of hydrogen-bond donors (Lipinski definition) is 0. The second-order valence-corrected chi connectivity index (χ2v) is 8.54. The number of ketones is 1. The van der Waals surface area contributed by atoms with Crippen molar-refractivity contribution in [3.05, 3.63) is 42.0 Å². The second kappa shape index (κ2) is 5.75. The van der Waals surface area contributed by atoms with Crippen LogP contribution in [0.15, 0.2) is 36.4 Å². The molecule has 0 N–H and O–H groups in total. The van der Waals surface area contributed by atoms with Gasteiger partial charge in [-0.05, 0) is 42.5 Å². The Kier molecular flexibility index (Phi) is 3.72. The zero-order valence-electron chi connectivity index (χ0n) is 13.2. The molecule has 2 aromatic rings. The number of ether oxygens (including phenoxy) is 1. The normalized spacial score (nSPS) is 29.6. The predicted octanol–water partition coefficient (Wildman–Crippen LogP) is 3.72. The molecule has 2 heterocycles. The van der Waals surface area contributed by atoms with E-state index >= 15 is 0 Å². The Balaban J connectivity index is 1.76. The van der Waals surface area contributed by atoms with Gasteiger partial charge in [0.1, 0.15) is 5.75 Å². The Morgan fingerprint density at radius 3 is 2.48 bits per heavy atom. The monoisotopic (exact) mass is 328 g/mol. The average Bonchev–Trinajstić information content (AvgIpc) is 2.80. The molecule has 0 saturated carbocycles. The van der Waals surface area contributed by atoms with Crippen molar-refractivity contribution < 1.29 is 13.7 Å². The topological polar surface area (TPSA) is 43.4 Å². The lowest BCUT2D eigenvalue weighted by Gasteiger charge is -2.27. The van der Waals surface area contributed by atoms with E-state index in [-0.39, 0.29) is 22.2 Å². The van der Waals surface area contributed by atoms with Gasteiger partial charge in [-0.15, -0.1) is 0 Å². The Hall–Kier alpha value is -1.68. The van der Waals surface area contributed by atoms with Crippen LogP contribution in [0.5, 0.6) is 5.75 Å². The SMILES string of the molecule is COc1ccc2ccccc2c1C(=O)C1CC2CCC(C1)S2=O. The number of carbonyl (C=O) groups excluding carboxylic acids is 1. The Morgan fingerprint density at radius 2 is 1.78 bits per heavy atom. The summed E-state index contributed by atoms with van der Waals surface area (Å²) in [4.78, 5) is 13.2. The van der Waals surface area contributed by atoms with Gasteiger partial charge in [0, 0.05) is 27.2 Å². The third kappa shape index (κ3) is 2.40. The number of fused-ring (bicyclic) bond motifs is 3. The van der Waals surface area contributed by atoms with Gasteiger partial charge < -0.3 is 4.74 Å². The summed E-state index contributed by atoms with van der Waals surface area (Å²) < 4.78 is 17.7. The van der Waals surface area contributed by atoms with Gasteiger partial charge in [-0.1, -0.05) is 30.3 Å². The van der Waals surface area contributed by atoms with Gasteiger partial charge in [0.2, 0.25) is 0 Å². The molecule has 2 aromatic carbocycles. The number of methoxy groups -OCH3 is 1. The van der Waals surface area contributed by atoms with Crippen molar-refractivity contribution in [2.45, 2.75) is 36.2 Å². The van der Waals surface area contributed by atoms with Crippen LogP contribution < -0.4 is 4.74 Å². The molecule has 0 spiro atoms. The van der Waals surface area contributed by atoms with Gasteiger partial charge in [-0.3, -0.25) is 9.00 Å². The van der Waals surface area contributed by atoms with Crippen LogP contribution in [0.2, 0.25) is 0 Å². The summed E-state index contributed by atoms with van der Waals surface area (Å²) in [5.74, 6) is 0.782. The third-order valence-corrected chi connectivity index (χ3v) is 7.46. The Labute approximate surface area is 138 Å². The molecular formula is C19H20O3S. The standard InChI is InChI=1S/C19H20O3S/c1-22-17-9-6-12-4-2-3-5-16(12)18(17)19(20)13-10-14-7-8-15(11-13)23(14)21/h2-6,9,13-15H,7-8,10-11H2,1H3. The van der Waals surface area contributed by atoms with Crippen molar-refractivity contribution >= 4 is 27.4 Å². The molecular weight excluding hydrogens is 308 g/mol. The van der Waals surface area contributed by atoms with E-state index in [0.717, 1.165) is 36.5 Å². The molecule has 2 atom stereocenters. The van der Waals surface area contributed by atoms with E-state index in [9.17, 15) is 9.00 Å². The molecule has 120 valence electrons. The minimum Gasteiger partial charge on any atom is -0.496 e. The third-order valence-electron chi connectivity index (χ3n) is 5.29. The molecule has 2 bridgehead atoms. The summed E-state index contributed by atoms with van der Waals surface area (Å²) in [7, 11) is 0.882. The summed E-state index contributed by atoms with van der Waals surface area (Å²) >= 11 is 0. The first-order chi connectivity index (χ1) is 11.2. The summed E-state index contributed by atoms with van der Waals surface area (Å²) in [5.41, 5.74) is 0.697. The number of Topliss-reactive ketones (excluding diaryl/α,β-unsaturated/α-hetero) is 1. The number of rotatable bonds is 3. The van der Waals surface area contributed by atoms with E-state index in [4.69, 9.17) is 4.74 Å². The first-order valence-corrected chi connectivity index (χ1v) is 9.46. The molecule has 2 saturated heterocycles. The van der Waals surface area contributed by atoms with Crippen LogP contribution in [0, 0.1) is 5.92 Å². The molecule has 0 amide bonds. The van der Waals surface area contributed by atoms with Crippen LogP contribution in [0.25, 0.3) is 10.8 Å². The van der Waals surface area contributed by atoms with E-state index in [0.29, 0.717) is 11.3 Å². The molecule has 0 aliphatic carbocycles. The average molecular weight is 328 g/mol. The van der Waals surface area contributed by atoms with E-state index < -0.39 is 10.8 Å². The highest BCUT2D eigenvalue weighted by molar-refractivity contribution is 7.86. The van der Waals surface area contributed by atoms with Gasteiger partial charge in [-0.25, -0.2) is 0 Å². The van der Waals surface area contributed by atoms with Crippen LogP contribution in [0.1, 0.15) is 36.0 Å². The molecule has 4 rings (SSSR count). The quantitative estimate of drug-likeness (QED) is 0.807. The smallest absolute Gasteiger partial charge is 0.170 e. The predicted molar refractivity (Wildman–Crippen MR) is 92.5 cm³/mol. The lowest BCUT2D eigenvalue weighted by molar-refractivity contribution is 0.0905. The maximum Gasteiger partial charge on any atom is 0.170 e. The molecule has 2 unspecified atom stereocenters. The summed E-state index contributed by atoms with van der Waals surface area (Å²) in [6.45, 7) is 0. The second-order valence-electron chi connectivity index (χ2n) is 6.55. The van der Waals surface area contributed by atoms with E-state index in [1.165, 1.54) is 0 Å². The fraction of sp³-hybridized carbons (Fsp3) is 0.421. The molecule has 0 aromatic heterocycles. The maximum absolute atomic E-state index is 13.2. The lowest BCUT2D eigenvalue weighted by atomic mass is 9.87. The van der Waals surface area contributed by atoms with Gasteiger partial charge in [0.15, 0.2) is 5.78 Å². The van der Waals surface area contributed by atoms with Gasteiger partial charge in [0.05, 0.1) is 12.7 Å². The fourth-order valence-corrected chi connectivity index (χ4v) is 6.25. The van der Waals surface area contributed by atoms with Crippen molar-refractivity contribution in [2.75, 3.05) is 7.11 Å². The Morgan fingerprint density at radius 1 is 1.09 bits per heavy atom. The van der Waals surface area contributed by atoms with Crippen LogP contribution in [-0.2, 0) is 10.8 Å². The summed E-state index contributed by atoms with van der Waals surface area (Å²) in [5, 5.41) is 2.43. The summed E-state index contributed by atoms with van der Waals surface area (Å²) in [6.07, 6.45) is 3.53. The van der Waals surface area contributed by atoms with Gasteiger partial charge >= 0.3 is 0 Å². The highest BCUT2D eigenvalue weighted by atomic mass is 32.2.